The molecule has 4 nitrogen and oxygen atoms in total. The summed E-state index contributed by atoms with van der Waals surface area (Å²) in [6, 6.07) is 6.22. The van der Waals surface area contributed by atoms with E-state index in [2.05, 4.69) is 15.3 Å². The van der Waals surface area contributed by atoms with E-state index >= 15 is 0 Å². The van der Waals surface area contributed by atoms with E-state index in [-0.39, 0.29) is 16.7 Å². The van der Waals surface area contributed by atoms with Gasteiger partial charge in [0, 0.05) is 11.8 Å². The van der Waals surface area contributed by atoms with Crippen LogP contribution in [0.5, 0.6) is 0 Å². The molecule has 0 bridgehead atoms. The minimum absolute atomic E-state index is 0.149. The Hall–Kier alpha value is -2.33. The van der Waals surface area contributed by atoms with E-state index in [1.807, 2.05) is 0 Å². The maximum absolute atomic E-state index is 12.9. The molecular weight excluding hydrogens is 305 g/mol. The number of nitrogens with zero attached hydrogens (tertiary/aromatic N) is 3. The van der Waals surface area contributed by atoms with Crippen LogP contribution >= 0.6 is 11.6 Å². The van der Waals surface area contributed by atoms with Crippen LogP contribution in [0.2, 0.25) is 5.15 Å². The normalized spacial score (nSPS) is 11.0. The molecule has 8 heteroatoms. The monoisotopic (exact) mass is 312 g/mol. The van der Waals surface area contributed by atoms with Gasteiger partial charge in [0.05, 0.1) is 17.2 Å². The summed E-state index contributed by atoms with van der Waals surface area (Å²) in [6.45, 7) is 1.61. The molecule has 0 aliphatic carbocycles. The number of aromatic nitrogens is 2. The van der Waals surface area contributed by atoms with Crippen molar-refractivity contribution in [3.8, 4) is 6.07 Å². The molecule has 108 valence electrons. The third kappa shape index (κ3) is 3.61. The van der Waals surface area contributed by atoms with Gasteiger partial charge < -0.3 is 5.32 Å². The predicted octanol–water partition coefficient (Wildman–Crippen LogP) is 4.07. The molecular formula is C13H8ClF3N4. The highest BCUT2D eigenvalue weighted by Crippen LogP contribution is 2.34. The maximum atomic E-state index is 12.9. The number of anilines is 2. The maximum Gasteiger partial charge on any atom is 0.417 e. The van der Waals surface area contributed by atoms with Crippen molar-refractivity contribution < 1.29 is 13.2 Å². The Morgan fingerprint density at radius 1 is 1.24 bits per heavy atom. The molecule has 2 rings (SSSR count). The molecule has 0 amide bonds. The van der Waals surface area contributed by atoms with E-state index in [9.17, 15) is 13.2 Å². The van der Waals surface area contributed by atoms with E-state index in [1.165, 1.54) is 18.2 Å². The minimum Gasteiger partial charge on any atom is -0.340 e. The van der Waals surface area contributed by atoms with E-state index in [0.29, 0.717) is 5.82 Å². The minimum atomic E-state index is -4.61. The molecule has 0 radical (unpaired) electrons. The van der Waals surface area contributed by atoms with Crippen LogP contribution in [0.25, 0.3) is 0 Å². The first-order valence-electron chi connectivity index (χ1n) is 5.69. The van der Waals surface area contributed by atoms with Gasteiger partial charge in [0.1, 0.15) is 16.8 Å². The van der Waals surface area contributed by atoms with Crippen LogP contribution in [0.4, 0.5) is 24.7 Å². The second-order valence-corrected chi connectivity index (χ2v) is 4.51. The average molecular weight is 313 g/mol. The first-order chi connectivity index (χ1) is 9.79. The molecule has 0 aliphatic heterocycles. The van der Waals surface area contributed by atoms with E-state index in [0.717, 1.165) is 12.1 Å². The van der Waals surface area contributed by atoms with Crippen LogP contribution in [-0.2, 0) is 6.18 Å². The number of alkyl halides is 3. The van der Waals surface area contributed by atoms with Gasteiger partial charge in [0.25, 0.3) is 0 Å². The van der Waals surface area contributed by atoms with Crippen molar-refractivity contribution >= 4 is 23.1 Å². The number of aryl methyl sites for hydroxylation is 1. The predicted molar refractivity (Wildman–Crippen MR) is 71.2 cm³/mol. The van der Waals surface area contributed by atoms with E-state index in [4.69, 9.17) is 16.9 Å². The summed E-state index contributed by atoms with van der Waals surface area (Å²) in [7, 11) is 0. The van der Waals surface area contributed by atoms with Crippen molar-refractivity contribution in [2.75, 3.05) is 5.32 Å². The van der Waals surface area contributed by atoms with Crippen LogP contribution in [0.15, 0.2) is 24.3 Å². The van der Waals surface area contributed by atoms with E-state index in [1.54, 1.807) is 6.92 Å². The molecule has 1 aromatic heterocycles. The van der Waals surface area contributed by atoms with Gasteiger partial charge in [-0.3, -0.25) is 0 Å². The Morgan fingerprint density at radius 3 is 2.52 bits per heavy atom. The van der Waals surface area contributed by atoms with Crippen molar-refractivity contribution in [3.63, 3.8) is 0 Å². The molecule has 0 spiro atoms. The number of halogens is 4. The quantitative estimate of drug-likeness (QED) is 0.849. The van der Waals surface area contributed by atoms with Crippen molar-refractivity contribution in [3.05, 3.63) is 46.4 Å². The lowest BCUT2D eigenvalue weighted by molar-refractivity contribution is -0.137. The third-order valence-electron chi connectivity index (χ3n) is 2.52. The van der Waals surface area contributed by atoms with Crippen LogP contribution in [0.3, 0.4) is 0 Å². The molecule has 0 saturated heterocycles. The molecule has 0 fully saturated rings. The van der Waals surface area contributed by atoms with Crippen molar-refractivity contribution in [2.45, 2.75) is 13.1 Å². The molecule has 21 heavy (non-hydrogen) atoms. The smallest absolute Gasteiger partial charge is 0.340 e. The van der Waals surface area contributed by atoms with Gasteiger partial charge in [-0.1, -0.05) is 11.6 Å². The van der Waals surface area contributed by atoms with Gasteiger partial charge in [-0.25, -0.2) is 9.97 Å². The molecule has 1 aromatic carbocycles. The first kappa shape index (κ1) is 15.1. The molecule has 2 aromatic rings. The molecule has 0 unspecified atom stereocenters. The number of nitriles is 1. The summed E-state index contributed by atoms with van der Waals surface area (Å²) in [4.78, 5) is 7.86. The Balaban J connectivity index is 2.40. The number of hydrogen-bond donors (Lipinski definition) is 1. The fraction of sp³-hybridized carbons (Fsp3) is 0.154. The van der Waals surface area contributed by atoms with Crippen molar-refractivity contribution in [1.82, 2.24) is 9.97 Å². The highest BCUT2D eigenvalue weighted by atomic mass is 35.5. The topological polar surface area (TPSA) is 61.6 Å². The van der Waals surface area contributed by atoms with E-state index < -0.39 is 17.3 Å². The second-order valence-electron chi connectivity index (χ2n) is 4.12. The average Bonchev–Trinajstić information content (AvgIpc) is 2.36. The highest BCUT2D eigenvalue weighted by molar-refractivity contribution is 6.29. The molecule has 1 N–H and O–H groups in total. The molecule has 0 atom stereocenters. The summed E-state index contributed by atoms with van der Waals surface area (Å²) in [5, 5.41) is 11.6. The summed E-state index contributed by atoms with van der Waals surface area (Å²) in [5.41, 5.74) is -1.30. The lowest BCUT2D eigenvalue weighted by atomic mass is 10.1. The summed E-state index contributed by atoms with van der Waals surface area (Å²) >= 11 is 5.75. The van der Waals surface area contributed by atoms with Crippen molar-refractivity contribution in [2.24, 2.45) is 0 Å². The lowest BCUT2D eigenvalue weighted by Gasteiger charge is -2.12. The van der Waals surface area contributed by atoms with Crippen LogP contribution < -0.4 is 5.32 Å². The van der Waals surface area contributed by atoms with Crippen LogP contribution in [0, 0.1) is 18.3 Å². The Kier molecular flexibility index (Phi) is 4.00. The van der Waals surface area contributed by atoms with Gasteiger partial charge in [-0.15, -0.1) is 0 Å². The Bertz CT molecular complexity index is 702. The number of benzene rings is 1. The largest absolute Gasteiger partial charge is 0.417 e. The number of rotatable bonds is 2. The Morgan fingerprint density at radius 2 is 1.95 bits per heavy atom. The van der Waals surface area contributed by atoms with Crippen LogP contribution in [-0.4, -0.2) is 9.97 Å². The standard InChI is InChI=1S/C13H8ClF3N4/c1-7-19-11(14)5-12(20-7)21-9-3-2-8(6-18)10(4-9)13(15,16)17/h2-5H,1H3,(H,19,20,21). The molecule has 0 aliphatic rings. The zero-order valence-electron chi connectivity index (χ0n) is 10.7. The van der Waals surface area contributed by atoms with Gasteiger partial charge in [0.15, 0.2) is 0 Å². The zero-order valence-corrected chi connectivity index (χ0v) is 11.4. The van der Waals surface area contributed by atoms with Crippen LogP contribution in [0.1, 0.15) is 17.0 Å². The van der Waals surface area contributed by atoms with Gasteiger partial charge in [0.2, 0.25) is 0 Å². The summed E-state index contributed by atoms with van der Waals surface area (Å²) < 4.78 is 38.6. The van der Waals surface area contributed by atoms with Crippen molar-refractivity contribution in [1.29, 1.82) is 5.26 Å². The number of hydrogen-bond acceptors (Lipinski definition) is 4. The SMILES string of the molecule is Cc1nc(Cl)cc(Nc2ccc(C#N)c(C(F)(F)F)c2)n1. The van der Waals surface area contributed by atoms with Gasteiger partial charge in [-0.05, 0) is 25.1 Å². The van der Waals surface area contributed by atoms with Gasteiger partial charge in [-0.2, -0.15) is 18.4 Å². The summed E-state index contributed by atoms with van der Waals surface area (Å²) in [5.74, 6) is 0.653. The highest BCUT2D eigenvalue weighted by Gasteiger charge is 2.33. The fourth-order valence-electron chi connectivity index (χ4n) is 1.70. The fourth-order valence-corrected chi connectivity index (χ4v) is 1.92. The third-order valence-corrected chi connectivity index (χ3v) is 2.72. The molecule has 1 heterocycles. The molecule has 0 saturated carbocycles. The zero-order chi connectivity index (χ0) is 15.6. The lowest BCUT2D eigenvalue weighted by Crippen LogP contribution is -2.08. The van der Waals surface area contributed by atoms with Gasteiger partial charge >= 0.3 is 6.18 Å². The second kappa shape index (κ2) is 5.58. The number of nitrogens with one attached hydrogen (secondary N) is 1. The summed E-state index contributed by atoms with van der Waals surface area (Å²) in [6.07, 6.45) is -4.61. The Labute approximate surface area is 123 Å². The first-order valence-corrected chi connectivity index (χ1v) is 6.07.